The zero-order valence-corrected chi connectivity index (χ0v) is 10.2. The van der Waals surface area contributed by atoms with Crippen LogP contribution in [0.3, 0.4) is 0 Å². The molecule has 1 nitrogen and oxygen atoms in total. The lowest BCUT2D eigenvalue weighted by molar-refractivity contribution is -0.118. The van der Waals surface area contributed by atoms with Crippen molar-refractivity contribution in [3.8, 4) is 0 Å². The molecule has 0 saturated carbocycles. The van der Waals surface area contributed by atoms with Gasteiger partial charge in [0, 0.05) is 17.7 Å². The maximum absolute atomic E-state index is 13.3. The summed E-state index contributed by atoms with van der Waals surface area (Å²) >= 11 is 1.65. The molecule has 0 atom stereocenters. The van der Waals surface area contributed by atoms with Crippen molar-refractivity contribution in [3.05, 3.63) is 58.0 Å². The van der Waals surface area contributed by atoms with Gasteiger partial charge in [0.05, 0.1) is 0 Å². The summed E-state index contributed by atoms with van der Waals surface area (Å²) in [6.45, 7) is 0. The summed E-state index contributed by atoms with van der Waals surface area (Å²) in [5.41, 5.74) is 0.490. The van der Waals surface area contributed by atoms with Gasteiger partial charge in [-0.2, -0.15) is 0 Å². The van der Waals surface area contributed by atoms with Gasteiger partial charge in [-0.05, 0) is 29.5 Å². The van der Waals surface area contributed by atoms with E-state index in [0.29, 0.717) is 12.0 Å². The summed E-state index contributed by atoms with van der Waals surface area (Å²) in [6.07, 6.45) is 1.43. The van der Waals surface area contributed by atoms with E-state index in [9.17, 15) is 9.18 Å². The molecule has 0 spiro atoms. The third-order valence-corrected chi connectivity index (χ3v) is 3.51. The second-order valence-corrected chi connectivity index (χ2v) is 4.92. The molecule has 3 heteroatoms. The average molecular weight is 248 g/mol. The molecule has 0 saturated heterocycles. The van der Waals surface area contributed by atoms with Crippen LogP contribution in [0.5, 0.6) is 0 Å². The maximum Gasteiger partial charge on any atom is 0.137 e. The van der Waals surface area contributed by atoms with Gasteiger partial charge < -0.3 is 0 Å². The Morgan fingerprint density at radius 1 is 1.18 bits per heavy atom. The van der Waals surface area contributed by atoms with Crippen LogP contribution in [0.25, 0.3) is 0 Å². The number of ketones is 1. The number of rotatable bonds is 5. The fourth-order valence-electron chi connectivity index (χ4n) is 1.66. The molecule has 0 radical (unpaired) electrons. The highest BCUT2D eigenvalue weighted by Gasteiger charge is 2.08. The van der Waals surface area contributed by atoms with Gasteiger partial charge in [-0.25, -0.2) is 4.39 Å². The van der Waals surface area contributed by atoms with Crippen molar-refractivity contribution in [2.75, 3.05) is 0 Å². The number of thiophene rings is 1. The second-order valence-electron chi connectivity index (χ2n) is 3.89. The third-order valence-electron chi connectivity index (χ3n) is 2.58. The summed E-state index contributed by atoms with van der Waals surface area (Å²) in [4.78, 5) is 12.9. The molecule has 1 aromatic heterocycles. The van der Waals surface area contributed by atoms with Crippen molar-refractivity contribution in [2.45, 2.75) is 19.3 Å². The number of benzene rings is 1. The first-order valence-corrected chi connectivity index (χ1v) is 6.41. The zero-order valence-electron chi connectivity index (χ0n) is 9.36. The van der Waals surface area contributed by atoms with Crippen LogP contribution in [0.15, 0.2) is 41.8 Å². The van der Waals surface area contributed by atoms with Crippen LogP contribution in [0.2, 0.25) is 0 Å². The number of carbonyl (C=O) groups is 1. The van der Waals surface area contributed by atoms with Crippen molar-refractivity contribution >= 4 is 17.1 Å². The first-order valence-electron chi connectivity index (χ1n) is 5.53. The molecule has 2 rings (SSSR count). The number of aryl methyl sites for hydroxylation is 1. The van der Waals surface area contributed by atoms with E-state index in [1.165, 1.54) is 10.9 Å². The predicted octanol–water partition coefficient (Wildman–Crippen LogP) is 3.63. The van der Waals surface area contributed by atoms with Gasteiger partial charge in [0.15, 0.2) is 0 Å². The van der Waals surface area contributed by atoms with Crippen molar-refractivity contribution < 1.29 is 9.18 Å². The minimum Gasteiger partial charge on any atom is -0.299 e. The number of hydrogen-bond donors (Lipinski definition) is 0. The third kappa shape index (κ3) is 3.49. The van der Waals surface area contributed by atoms with Gasteiger partial charge >= 0.3 is 0 Å². The minimum absolute atomic E-state index is 0.0866. The lowest BCUT2D eigenvalue weighted by Gasteiger charge is -2.02. The van der Waals surface area contributed by atoms with E-state index in [1.54, 1.807) is 29.5 Å². The van der Waals surface area contributed by atoms with Gasteiger partial charge in [-0.1, -0.05) is 24.3 Å². The zero-order chi connectivity index (χ0) is 12.1. The fraction of sp³-hybridized carbons (Fsp3) is 0.214. The Morgan fingerprint density at radius 2 is 2.00 bits per heavy atom. The molecule has 0 aliphatic rings. The van der Waals surface area contributed by atoms with Gasteiger partial charge in [-0.15, -0.1) is 11.3 Å². The molecule has 2 aromatic rings. The van der Waals surface area contributed by atoms with E-state index >= 15 is 0 Å². The highest BCUT2D eigenvalue weighted by Crippen LogP contribution is 2.13. The first kappa shape index (κ1) is 12.0. The van der Waals surface area contributed by atoms with Crippen molar-refractivity contribution in [1.29, 1.82) is 0 Å². The summed E-state index contributed by atoms with van der Waals surface area (Å²) < 4.78 is 13.3. The SMILES string of the molecule is O=C(CCc1cccs1)Cc1ccccc1F. The number of hydrogen-bond acceptors (Lipinski definition) is 2. The first-order chi connectivity index (χ1) is 8.25. The quantitative estimate of drug-likeness (QED) is 0.789. The molecule has 0 aliphatic heterocycles. The van der Waals surface area contributed by atoms with E-state index in [1.807, 2.05) is 17.5 Å². The van der Waals surface area contributed by atoms with Crippen molar-refractivity contribution in [2.24, 2.45) is 0 Å². The Hall–Kier alpha value is -1.48. The second kappa shape index (κ2) is 5.73. The monoisotopic (exact) mass is 248 g/mol. The lowest BCUT2D eigenvalue weighted by Crippen LogP contribution is -2.05. The largest absolute Gasteiger partial charge is 0.299 e. The summed E-state index contributed by atoms with van der Waals surface area (Å²) in [5.74, 6) is -0.208. The van der Waals surface area contributed by atoms with Crippen LogP contribution in [0, 0.1) is 5.82 Å². The normalized spacial score (nSPS) is 10.4. The molecule has 17 heavy (non-hydrogen) atoms. The molecule has 0 fully saturated rings. The van der Waals surface area contributed by atoms with Crippen molar-refractivity contribution in [3.63, 3.8) is 0 Å². The molecular weight excluding hydrogens is 235 g/mol. The standard InChI is InChI=1S/C14H13FOS/c15-14-6-2-1-4-11(14)10-12(16)7-8-13-5-3-9-17-13/h1-6,9H,7-8,10H2. The van der Waals surface area contributed by atoms with Crippen LogP contribution in [0.1, 0.15) is 16.9 Å². The van der Waals surface area contributed by atoms with E-state index in [4.69, 9.17) is 0 Å². The van der Waals surface area contributed by atoms with E-state index in [2.05, 4.69) is 0 Å². The van der Waals surface area contributed by atoms with Crippen LogP contribution < -0.4 is 0 Å². The van der Waals surface area contributed by atoms with Crippen LogP contribution in [-0.4, -0.2) is 5.78 Å². The lowest BCUT2D eigenvalue weighted by atomic mass is 10.0. The van der Waals surface area contributed by atoms with Crippen LogP contribution in [-0.2, 0) is 17.6 Å². The van der Waals surface area contributed by atoms with Gasteiger partial charge in [0.2, 0.25) is 0 Å². The Bertz CT molecular complexity index is 491. The Morgan fingerprint density at radius 3 is 2.71 bits per heavy atom. The van der Waals surface area contributed by atoms with E-state index in [0.717, 1.165) is 6.42 Å². The summed E-state index contributed by atoms with van der Waals surface area (Å²) in [5, 5.41) is 2.00. The Balaban J connectivity index is 1.87. The highest BCUT2D eigenvalue weighted by molar-refractivity contribution is 7.09. The molecule has 0 bridgehead atoms. The molecule has 0 N–H and O–H groups in total. The summed E-state index contributed by atoms with van der Waals surface area (Å²) in [6, 6.07) is 10.4. The predicted molar refractivity (Wildman–Crippen MR) is 67.8 cm³/mol. The molecule has 88 valence electrons. The van der Waals surface area contributed by atoms with Gasteiger partial charge in [0.25, 0.3) is 0 Å². The topological polar surface area (TPSA) is 17.1 Å². The maximum atomic E-state index is 13.3. The summed E-state index contributed by atoms with van der Waals surface area (Å²) in [7, 11) is 0. The Labute approximate surface area is 104 Å². The molecule has 1 heterocycles. The number of Topliss-reactive ketones (excluding diaryl/α,β-unsaturated/α-hetero) is 1. The van der Waals surface area contributed by atoms with Crippen molar-refractivity contribution in [1.82, 2.24) is 0 Å². The molecule has 0 aliphatic carbocycles. The van der Waals surface area contributed by atoms with Crippen LogP contribution >= 0.6 is 11.3 Å². The number of carbonyl (C=O) groups excluding carboxylic acids is 1. The molecular formula is C14H13FOS. The van der Waals surface area contributed by atoms with Gasteiger partial charge in [0.1, 0.15) is 11.6 Å². The van der Waals surface area contributed by atoms with Crippen LogP contribution in [0.4, 0.5) is 4.39 Å². The average Bonchev–Trinajstić information content (AvgIpc) is 2.82. The Kier molecular flexibility index (Phi) is 4.04. The van der Waals surface area contributed by atoms with E-state index < -0.39 is 0 Å². The smallest absolute Gasteiger partial charge is 0.137 e. The minimum atomic E-state index is -0.294. The molecule has 0 amide bonds. The number of halogens is 1. The highest BCUT2D eigenvalue weighted by atomic mass is 32.1. The van der Waals surface area contributed by atoms with E-state index in [-0.39, 0.29) is 18.0 Å². The van der Waals surface area contributed by atoms with Gasteiger partial charge in [-0.3, -0.25) is 4.79 Å². The molecule has 0 unspecified atom stereocenters. The fourth-order valence-corrected chi connectivity index (χ4v) is 2.37. The molecule has 1 aromatic carbocycles.